The van der Waals surface area contributed by atoms with Crippen molar-refractivity contribution in [3.8, 4) is 0 Å². The first-order valence-electron chi connectivity index (χ1n) is 9.71. The molecule has 142 valence electrons. The predicted octanol–water partition coefficient (Wildman–Crippen LogP) is 3.03. The summed E-state index contributed by atoms with van der Waals surface area (Å²) in [6, 6.07) is 12.1. The minimum Gasteiger partial charge on any atom is -0.337 e. The number of pyridine rings is 1. The molecule has 0 N–H and O–H groups in total. The number of rotatable bonds is 3. The Labute approximate surface area is 164 Å². The number of aromatic nitrogens is 3. The molecule has 4 heterocycles. The molecule has 2 aliphatic heterocycles. The third-order valence-corrected chi connectivity index (χ3v) is 6.19. The number of nitrogens with zero attached hydrogens (tertiary/aromatic N) is 5. The van der Waals surface area contributed by atoms with Crippen molar-refractivity contribution in [2.24, 2.45) is 7.05 Å². The highest BCUT2D eigenvalue weighted by molar-refractivity contribution is 6.13. The SMILES string of the molecule is Cn1cncc1CN1CCC2(CC1)C(=O)N(c1cccnc1)c1ccccc12. The van der Waals surface area contributed by atoms with Gasteiger partial charge in [-0.05, 0) is 49.7 Å². The molecule has 1 aromatic carbocycles. The van der Waals surface area contributed by atoms with Crippen LogP contribution in [-0.2, 0) is 23.8 Å². The molecule has 1 spiro atoms. The van der Waals surface area contributed by atoms with Crippen LogP contribution in [0.15, 0.2) is 61.3 Å². The molecule has 28 heavy (non-hydrogen) atoms. The summed E-state index contributed by atoms with van der Waals surface area (Å²) < 4.78 is 2.06. The number of carbonyl (C=O) groups is 1. The van der Waals surface area contributed by atoms with Crippen molar-refractivity contribution in [1.82, 2.24) is 19.4 Å². The lowest BCUT2D eigenvalue weighted by Gasteiger charge is -2.38. The Bertz CT molecular complexity index is 1000. The number of piperidine rings is 1. The van der Waals surface area contributed by atoms with Crippen LogP contribution in [0, 0.1) is 0 Å². The van der Waals surface area contributed by atoms with Gasteiger partial charge in [0.2, 0.25) is 5.91 Å². The summed E-state index contributed by atoms with van der Waals surface area (Å²) in [5.74, 6) is 0.182. The summed E-state index contributed by atoms with van der Waals surface area (Å²) in [6.07, 6.45) is 8.93. The Morgan fingerprint density at radius 3 is 2.57 bits per heavy atom. The van der Waals surface area contributed by atoms with E-state index in [4.69, 9.17) is 0 Å². The molecule has 1 saturated heterocycles. The number of imidazole rings is 1. The van der Waals surface area contributed by atoms with E-state index in [0.29, 0.717) is 0 Å². The number of hydrogen-bond donors (Lipinski definition) is 0. The minimum atomic E-state index is -0.435. The average molecular weight is 373 g/mol. The van der Waals surface area contributed by atoms with E-state index in [-0.39, 0.29) is 5.91 Å². The van der Waals surface area contributed by atoms with Gasteiger partial charge < -0.3 is 4.57 Å². The molecule has 0 unspecified atom stereocenters. The van der Waals surface area contributed by atoms with Crippen molar-refractivity contribution in [1.29, 1.82) is 0 Å². The smallest absolute Gasteiger partial charge is 0.242 e. The topological polar surface area (TPSA) is 54.3 Å². The summed E-state index contributed by atoms with van der Waals surface area (Å²) in [4.78, 5) is 26.4. The molecule has 1 amide bonds. The summed E-state index contributed by atoms with van der Waals surface area (Å²) in [7, 11) is 2.02. The van der Waals surface area contributed by atoms with Crippen molar-refractivity contribution in [2.45, 2.75) is 24.8 Å². The van der Waals surface area contributed by atoms with Gasteiger partial charge in [0.1, 0.15) is 0 Å². The van der Waals surface area contributed by atoms with Crippen LogP contribution in [0.25, 0.3) is 0 Å². The third kappa shape index (κ3) is 2.56. The highest BCUT2D eigenvalue weighted by Crippen LogP contribution is 2.50. The Kier molecular flexibility index (Phi) is 4.02. The Morgan fingerprint density at radius 2 is 1.86 bits per heavy atom. The molecule has 5 rings (SSSR count). The fourth-order valence-electron chi connectivity index (χ4n) is 4.60. The number of benzene rings is 1. The molecule has 0 aliphatic carbocycles. The number of para-hydroxylation sites is 1. The van der Waals surface area contributed by atoms with E-state index in [9.17, 15) is 4.79 Å². The van der Waals surface area contributed by atoms with Crippen molar-refractivity contribution < 1.29 is 4.79 Å². The van der Waals surface area contributed by atoms with Crippen LogP contribution in [0.2, 0.25) is 0 Å². The van der Waals surface area contributed by atoms with Gasteiger partial charge in [0.25, 0.3) is 0 Å². The second kappa shape index (κ2) is 6.56. The maximum absolute atomic E-state index is 13.7. The van der Waals surface area contributed by atoms with Crippen LogP contribution in [0.1, 0.15) is 24.1 Å². The lowest BCUT2D eigenvalue weighted by atomic mass is 9.73. The first kappa shape index (κ1) is 17.1. The molecule has 3 aromatic rings. The van der Waals surface area contributed by atoms with Gasteiger partial charge in [0.05, 0.1) is 35.0 Å². The number of carbonyl (C=O) groups excluding carboxylic acids is 1. The highest BCUT2D eigenvalue weighted by atomic mass is 16.2. The van der Waals surface area contributed by atoms with Gasteiger partial charge in [-0.25, -0.2) is 4.98 Å². The molecule has 0 bridgehead atoms. The Balaban J connectivity index is 1.44. The van der Waals surface area contributed by atoms with Gasteiger partial charge in [-0.2, -0.15) is 0 Å². The first-order chi connectivity index (χ1) is 13.7. The summed E-state index contributed by atoms with van der Waals surface area (Å²) >= 11 is 0. The second-order valence-electron chi connectivity index (χ2n) is 7.72. The molecule has 2 aromatic heterocycles. The third-order valence-electron chi connectivity index (χ3n) is 6.19. The first-order valence-corrected chi connectivity index (χ1v) is 9.71. The molecule has 6 nitrogen and oxygen atoms in total. The fourth-order valence-corrected chi connectivity index (χ4v) is 4.60. The zero-order chi connectivity index (χ0) is 19.1. The van der Waals surface area contributed by atoms with E-state index in [1.165, 1.54) is 5.69 Å². The Morgan fingerprint density at radius 1 is 1.04 bits per heavy atom. The van der Waals surface area contributed by atoms with Crippen LogP contribution in [0.4, 0.5) is 11.4 Å². The highest BCUT2D eigenvalue weighted by Gasteiger charge is 2.52. The monoisotopic (exact) mass is 373 g/mol. The van der Waals surface area contributed by atoms with Crippen LogP contribution >= 0.6 is 0 Å². The summed E-state index contributed by atoms with van der Waals surface area (Å²) in [5.41, 5.74) is 3.76. The fraction of sp³-hybridized carbons (Fsp3) is 0.318. The van der Waals surface area contributed by atoms with E-state index < -0.39 is 5.41 Å². The zero-order valence-electron chi connectivity index (χ0n) is 16.0. The van der Waals surface area contributed by atoms with Crippen LogP contribution < -0.4 is 4.90 Å². The number of fused-ring (bicyclic) bond motifs is 2. The maximum Gasteiger partial charge on any atom is 0.242 e. The van der Waals surface area contributed by atoms with Gasteiger partial charge >= 0.3 is 0 Å². The van der Waals surface area contributed by atoms with Gasteiger partial charge in [0, 0.05) is 26.0 Å². The Hall–Kier alpha value is -2.99. The molecular formula is C22H23N5O. The lowest BCUT2D eigenvalue weighted by Crippen LogP contribution is -2.47. The van der Waals surface area contributed by atoms with Crippen LogP contribution in [-0.4, -0.2) is 38.4 Å². The van der Waals surface area contributed by atoms with E-state index in [1.54, 1.807) is 12.4 Å². The van der Waals surface area contributed by atoms with Gasteiger partial charge in [-0.3, -0.25) is 19.6 Å². The normalized spacial score (nSPS) is 18.6. The number of amides is 1. The van der Waals surface area contributed by atoms with Gasteiger partial charge in [-0.1, -0.05) is 18.2 Å². The lowest BCUT2D eigenvalue weighted by molar-refractivity contribution is -0.124. The molecule has 6 heteroatoms. The molecule has 2 aliphatic rings. The van der Waals surface area contributed by atoms with Crippen LogP contribution in [0.5, 0.6) is 0 Å². The largest absolute Gasteiger partial charge is 0.337 e. The van der Waals surface area contributed by atoms with Gasteiger partial charge in [-0.15, -0.1) is 0 Å². The average Bonchev–Trinajstić information content (AvgIpc) is 3.24. The van der Waals surface area contributed by atoms with Crippen LogP contribution in [0.3, 0.4) is 0 Å². The van der Waals surface area contributed by atoms with Crippen molar-refractivity contribution in [2.75, 3.05) is 18.0 Å². The van der Waals surface area contributed by atoms with E-state index in [2.05, 4.69) is 31.6 Å². The molecule has 0 radical (unpaired) electrons. The molecular weight excluding hydrogens is 350 g/mol. The maximum atomic E-state index is 13.7. The minimum absolute atomic E-state index is 0.182. The summed E-state index contributed by atoms with van der Waals surface area (Å²) in [5, 5.41) is 0. The van der Waals surface area contributed by atoms with Gasteiger partial charge in [0.15, 0.2) is 0 Å². The zero-order valence-corrected chi connectivity index (χ0v) is 16.0. The number of aryl methyl sites for hydroxylation is 1. The standard InChI is InChI=1S/C22H23N5O/c1-25-16-24-14-18(25)15-26-11-8-22(9-12-26)19-6-2-3-7-20(19)27(21(22)28)17-5-4-10-23-13-17/h2-7,10,13-14,16H,8-9,11-12,15H2,1H3. The van der Waals surface area contributed by atoms with E-state index in [1.807, 2.05) is 48.7 Å². The summed E-state index contributed by atoms with van der Waals surface area (Å²) in [6.45, 7) is 2.66. The van der Waals surface area contributed by atoms with E-state index in [0.717, 1.165) is 49.4 Å². The molecule has 0 saturated carbocycles. The second-order valence-corrected chi connectivity index (χ2v) is 7.72. The number of anilines is 2. The predicted molar refractivity (Wildman–Crippen MR) is 107 cm³/mol. The number of likely N-dealkylation sites (tertiary alicyclic amines) is 1. The van der Waals surface area contributed by atoms with E-state index >= 15 is 0 Å². The molecule has 0 atom stereocenters. The molecule has 1 fully saturated rings. The van der Waals surface area contributed by atoms with Crippen molar-refractivity contribution in [3.05, 3.63) is 72.6 Å². The van der Waals surface area contributed by atoms with Crippen molar-refractivity contribution >= 4 is 17.3 Å². The quantitative estimate of drug-likeness (QED) is 0.708. The van der Waals surface area contributed by atoms with Crippen molar-refractivity contribution in [3.63, 3.8) is 0 Å². The number of hydrogen-bond acceptors (Lipinski definition) is 4.